The van der Waals surface area contributed by atoms with Crippen LogP contribution in [0.3, 0.4) is 0 Å². The highest BCUT2D eigenvalue weighted by molar-refractivity contribution is 7.80. The minimum Gasteiger partial charge on any atom is -0.389 e. The van der Waals surface area contributed by atoms with Gasteiger partial charge in [-0.05, 0) is 24.3 Å². The predicted octanol–water partition coefficient (Wildman–Crippen LogP) is -0.703. The van der Waals surface area contributed by atoms with E-state index in [0.29, 0.717) is 23.8 Å². The summed E-state index contributed by atoms with van der Waals surface area (Å²) in [6, 6.07) is 6.92. The van der Waals surface area contributed by atoms with Crippen molar-refractivity contribution in [3.8, 4) is 0 Å². The van der Waals surface area contributed by atoms with Gasteiger partial charge in [0.2, 0.25) is 5.91 Å². The van der Waals surface area contributed by atoms with Crippen LogP contribution in [0.25, 0.3) is 0 Å². The zero-order valence-electron chi connectivity index (χ0n) is 10.8. The summed E-state index contributed by atoms with van der Waals surface area (Å²) in [5, 5.41) is 21.5. The molecule has 0 aromatic heterocycles. The van der Waals surface area contributed by atoms with Crippen LogP contribution in [0.5, 0.6) is 0 Å². The van der Waals surface area contributed by atoms with Crippen LogP contribution < -0.4 is 11.1 Å². The number of rotatable bonds is 4. The van der Waals surface area contributed by atoms with Gasteiger partial charge in [0.1, 0.15) is 4.99 Å². The third kappa shape index (κ3) is 3.73. The maximum absolute atomic E-state index is 11.8. The van der Waals surface area contributed by atoms with Gasteiger partial charge >= 0.3 is 0 Å². The number of aliphatic hydroxyl groups excluding tert-OH is 2. The second kappa shape index (κ2) is 6.27. The van der Waals surface area contributed by atoms with Gasteiger partial charge in [-0.25, -0.2) is 0 Å². The van der Waals surface area contributed by atoms with Crippen LogP contribution in [-0.2, 0) is 4.79 Å². The van der Waals surface area contributed by atoms with E-state index in [-0.39, 0.29) is 12.5 Å². The number of aliphatic hydroxyl groups is 2. The number of thiocarbonyl (C=S) groups is 1. The van der Waals surface area contributed by atoms with Crippen molar-refractivity contribution in [2.75, 3.05) is 25.0 Å². The lowest BCUT2D eigenvalue weighted by molar-refractivity contribution is -0.117. The van der Waals surface area contributed by atoms with Crippen LogP contribution in [0, 0.1) is 0 Å². The van der Waals surface area contributed by atoms with Crippen LogP contribution in [0.2, 0.25) is 0 Å². The minimum atomic E-state index is -0.785. The molecule has 1 fully saturated rings. The number of nitrogens with two attached hydrogens (primary N) is 1. The Bertz CT molecular complexity index is 496. The summed E-state index contributed by atoms with van der Waals surface area (Å²) in [5.74, 6) is -0.200. The van der Waals surface area contributed by atoms with E-state index in [4.69, 9.17) is 18.0 Å². The second-order valence-electron chi connectivity index (χ2n) is 4.82. The molecular formula is C13H17N3O3S. The van der Waals surface area contributed by atoms with Gasteiger partial charge in [0.15, 0.2) is 0 Å². The van der Waals surface area contributed by atoms with E-state index >= 15 is 0 Å². The van der Waals surface area contributed by atoms with E-state index in [0.717, 1.165) is 5.56 Å². The van der Waals surface area contributed by atoms with Gasteiger partial charge in [0, 0.05) is 24.3 Å². The maximum Gasteiger partial charge on any atom is 0.238 e. The summed E-state index contributed by atoms with van der Waals surface area (Å²) in [5.41, 5.74) is 6.88. The standard InChI is InChI=1S/C13H17N3O3S/c14-13(20)8-1-3-9(4-2-8)15-12(19)7-16-5-10(17)11(18)6-16/h1-4,10-11,17-18H,5-7H2,(H2,14,20)(H,15,19). The molecule has 20 heavy (non-hydrogen) atoms. The molecule has 1 aromatic carbocycles. The lowest BCUT2D eigenvalue weighted by Gasteiger charge is -2.14. The molecule has 1 aromatic rings. The number of nitrogens with one attached hydrogen (secondary N) is 1. The molecule has 1 aliphatic rings. The number of β-amino-alcohol motifs (C(OH)–C–C–N with tert-alkyl or cyclic N) is 2. The molecule has 1 saturated heterocycles. The Balaban J connectivity index is 1.87. The van der Waals surface area contributed by atoms with Gasteiger partial charge < -0.3 is 21.3 Å². The first-order valence-electron chi connectivity index (χ1n) is 6.24. The van der Waals surface area contributed by atoms with Gasteiger partial charge in [-0.15, -0.1) is 0 Å². The van der Waals surface area contributed by atoms with Crippen molar-refractivity contribution in [2.45, 2.75) is 12.2 Å². The molecule has 0 bridgehead atoms. The summed E-state index contributed by atoms with van der Waals surface area (Å²) in [6.45, 7) is 0.731. The van der Waals surface area contributed by atoms with Crippen molar-refractivity contribution in [3.63, 3.8) is 0 Å². The first kappa shape index (κ1) is 14.9. The molecule has 1 aliphatic heterocycles. The van der Waals surface area contributed by atoms with Gasteiger partial charge in [-0.1, -0.05) is 12.2 Å². The predicted molar refractivity (Wildman–Crippen MR) is 79.4 cm³/mol. The number of hydrogen-bond donors (Lipinski definition) is 4. The highest BCUT2D eigenvalue weighted by Crippen LogP contribution is 2.12. The molecule has 2 rings (SSSR count). The summed E-state index contributed by atoms with van der Waals surface area (Å²) in [6.07, 6.45) is -1.57. The van der Waals surface area contributed by atoms with E-state index < -0.39 is 12.2 Å². The van der Waals surface area contributed by atoms with Gasteiger partial charge in [-0.3, -0.25) is 9.69 Å². The van der Waals surface area contributed by atoms with Crippen LogP contribution in [0.1, 0.15) is 5.56 Å². The smallest absolute Gasteiger partial charge is 0.238 e. The molecule has 0 aliphatic carbocycles. The van der Waals surface area contributed by atoms with Crippen LogP contribution in [-0.4, -0.2) is 57.9 Å². The molecule has 6 nitrogen and oxygen atoms in total. The van der Waals surface area contributed by atoms with Crippen molar-refractivity contribution in [2.24, 2.45) is 5.73 Å². The Hall–Kier alpha value is -1.54. The second-order valence-corrected chi connectivity index (χ2v) is 5.26. The highest BCUT2D eigenvalue weighted by atomic mass is 32.1. The fraction of sp³-hybridized carbons (Fsp3) is 0.385. The summed E-state index contributed by atoms with van der Waals surface area (Å²) < 4.78 is 0. The number of anilines is 1. The zero-order valence-corrected chi connectivity index (χ0v) is 11.6. The first-order chi connectivity index (χ1) is 9.45. The van der Waals surface area contributed by atoms with Gasteiger partial charge in [0.05, 0.1) is 18.8 Å². The van der Waals surface area contributed by atoms with E-state index in [2.05, 4.69) is 5.32 Å². The molecule has 2 unspecified atom stereocenters. The number of carbonyl (C=O) groups excluding carboxylic acids is 1. The molecule has 2 atom stereocenters. The van der Waals surface area contributed by atoms with Crippen molar-refractivity contribution >= 4 is 28.8 Å². The molecular weight excluding hydrogens is 278 g/mol. The van der Waals surface area contributed by atoms with Crippen LogP contribution in [0.4, 0.5) is 5.69 Å². The van der Waals surface area contributed by atoms with Crippen molar-refractivity contribution in [3.05, 3.63) is 29.8 Å². The first-order valence-corrected chi connectivity index (χ1v) is 6.65. The average Bonchev–Trinajstić information content (AvgIpc) is 2.68. The Kier molecular flexibility index (Phi) is 4.66. The van der Waals surface area contributed by atoms with E-state index in [1.165, 1.54) is 0 Å². The topological polar surface area (TPSA) is 98.8 Å². The molecule has 7 heteroatoms. The quantitative estimate of drug-likeness (QED) is 0.548. The Morgan fingerprint density at radius 1 is 1.30 bits per heavy atom. The average molecular weight is 295 g/mol. The van der Waals surface area contributed by atoms with Crippen LogP contribution >= 0.6 is 12.2 Å². The number of hydrogen-bond acceptors (Lipinski definition) is 5. The van der Waals surface area contributed by atoms with Gasteiger partial charge in [-0.2, -0.15) is 0 Å². The van der Waals surface area contributed by atoms with Crippen molar-refractivity contribution in [1.29, 1.82) is 0 Å². The lowest BCUT2D eigenvalue weighted by Crippen LogP contribution is -2.32. The normalized spacial score (nSPS) is 22.7. The molecule has 108 valence electrons. The van der Waals surface area contributed by atoms with Gasteiger partial charge in [0.25, 0.3) is 0 Å². The SMILES string of the molecule is NC(=S)c1ccc(NC(=O)CN2CC(O)C(O)C2)cc1. The maximum atomic E-state index is 11.8. The Morgan fingerprint density at radius 3 is 2.35 bits per heavy atom. The fourth-order valence-electron chi connectivity index (χ4n) is 2.10. The zero-order chi connectivity index (χ0) is 14.7. The fourth-order valence-corrected chi connectivity index (χ4v) is 2.23. The molecule has 1 heterocycles. The van der Waals surface area contributed by atoms with Crippen LogP contribution in [0.15, 0.2) is 24.3 Å². The molecule has 0 spiro atoms. The Labute approximate surface area is 122 Å². The van der Waals surface area contributed by atoms with Crippen molar-refractivity contribution in [1.82, 2.24) is 4.90 Å². The number of benzene rings is 1. The van der Waals surface area contributed by atoms with E-state index in [1.54, 1.807) is 29.2 Å². The number of likely N-dealkylation sites (tertiary alicyclic amines) is 1. The molecule has 0 saturated carbocycles. The monoisotopic (exact) mass is 295 g/mol. The molecule has 0 radical (unpaired) electrons. The number of nitrogens with zero attached hydrogens (tertiary/aromatic N) is 1. The summed E-state index contributed by atoms with van der Waals surface area (Å²) >= 11 is 4.85. The summed E-state index contributed by atoms with van der Waals surface area (Å²) in [4.78, 5) is 13.8. The largest absolute Gasteiger partial charge is 0.389 e. The minimum absolute atomic E-state index is 0.130. The van der Waals surface area contributed by atoms with E-state index in [9.17, 15) is 15.0 Å². The van der Waals surface area contributed by atoms with Crippen molar-refractivity contribution < 1.29 is 15.0 Å². The Morgan fingerprint density at radius 2 is 1.85 bits per heavy atom. The highest BCUT2D eigenvalue weighted by Gasteiger charge is 2.30. The molecule has 1 amide bonds. The third-order valence-corrected chi connectivity index (χ3v) is 3.39. The summed E-state index contributed by atoms with van der Waals surface area (Å²) in [7, 11) is 0. The lowest BCUT2D eigenvalue weighted by atomic mass is 10.2. The van der Waals surface area contributed by atoms with E-state index in [1.807, 2.05) is 0 Å². The molecule has 5 N–H and O–H groups in total. The third-order valence-electron chi connectivity index (χ3n) is 3.16. The number of carbonyl (C=O) groups is 1. The number of amides is 1.